The van der Waals surface area contributed by atoms with Crippen LogP contribution in [-0.4, -0.2) is 40.6 Å². The third-order valence-electron chi connectivity index (χ3n) is 4.10. The van der Waals surface area contributed by atoms with Crippen LogP contribution in [0.1, 0.15) is 45.4 Å². The molecular formula is C13H22N2O3. The lowest BCUT2D eigenvalue weighted by Crippen LogP contribution is -2.52. The van der Waals surface area contributed by atoms with Gasteiger partial charge in [-0.05, 0) is 38.5 Å². The van der Waals surface area contributed by atoms with Crippen LogP contribution in [0.2, 0.25) is 0 Å². The van der Waals surface area contributed by atoms with Crippen LogP contribution in [-0.2, 0) is 4.79 Å². The number of aliphatic carboxylic acids is 1. The monoisotopic (exact) mass is 254 g/mol. The minimum atomic E-state index is -0.875. The molecule has 5 heteroatoms. The Morgan fingerprint density at radius 3 is 2.78 bits per heavy atom. The molecule has 2 N–H and O–H groups in total. The van der Waals surface area contributed by atoms with E-state index in [0.29, 0.717) is 12.0 Å². The minimum Gasteiger partial charge on any atom is -0.481 e. The van der Waals surface area contributed by atoms with E-state index in [1.165, 1.54) is 19.3 Å². The molecule has 1 aliphatic heterocycles. The number of piperidine rings is 1. The smallest absolute Gasteiger partial charge is 0.317 e. The van der Waals surface area contributed by atoms with E-state index in [1.807, 2.05) is 4.90 Å². The average Bonchev–Trinajstić information content (AvgIpc) is 2.74. The molecule has 0 radical (unpaired) electrons. The first kappa shape index (κ1) is 13.2. The van der Waals surface area contributed by atoms with Crippen LogP contribution in [0.3, 0.4) is 0 Å². The second-order valence-corrected chi connectivity index (χ2v) is 5.54. The second-order valence-electron chi connectivity index (χ2n) is 5.54. The summed E-state index contributed by atoms with van der Waals surface area (Å²) < 4.78 is 0. The van der Waals surface area contributed by atoms with Gasteiger partial charge in [0.05, 0.1) is 6.42 Å². The molecule has 0 bridgehead atoms. The van der Waals surface area contributed by atoms with Crippen molar-refractivity contribution in [2.75, 3.05) is 6.54 Å². The van der Waals surface area contributed by atoms with Crippen LogP contribution in [0, 0.1) is 5.92 Å². The molecule has 0 aromatic carbocycles. The molecule has 0 aromatic heterocycles. The highest BCUT2D eigenvalue weighted by Gasteiger charge is 2.37. The number of nitrogens with zero attached hydrogens (tertiary/aromatic N) is 1. The predicted octanol–water partition coefficient (Wildman–Crippen LogP) is 1.82. The van der Waals surface area contributed by atoms with Gasteiger partial charge in [0.1, 0.15) is 0 Å². The number of fused-ring (bicyclic) bond motifs is 1. The van der Waals surface area contributed by atoms with Crippen molar-refractivity contribution in [3.8, 4) is 0 Å². The Morgan fingerprint density at radius 2 is 2.06 bits per heavy atom. The van der Waals surface area contributed by atoms with Gasteiger partial charge in [-0.1, -0.05) is 6.42 Å². The quantitative estimate of drug-likeness (QED) is 0.807. The third-order valence-corrected chi connectivity index (χ3v) is 4.10. The lowest BCUT2D eigenvalue weighted by Gasteiger charge is -2.38. The molecule has 102 valence electrons. The van der Waals surface area contributed by atoms with E-state index in [0.717, 1.165) is 19.4 Å². The summed E-state index contributed by atoms with van der Waals surface area (Å²) in [6.45, 7) is 2.55. The molecule has 1 saturated heterocycles. The Bertz CT molecular complexity index is 332. The molecule has 0 aromatic rings. The Hall–Kier alpha value is -1.26. The first-order valence-corrected chi connectivity index (χ1v) is 6.87. The number of hydrogen-bond acceptors (Lipinski definition) is 2. The zero-order valence-electron chi connectivity index (χ0n) is 10.9. The molecule has 0 spiro atoms. The number of amides is 2. The number of urea groups is 1. The van der Waals surface area contributed by atoms with E-state index in [4.69, 9.17) is 5.11 Å². The summed E-state index contributed by atoms with van der Waals surface area (Å²) in [6.07, 6.45) is 5.84. The molecule has 2 fully saturated rings. The number of hydrogen-bond donors (Lipinski definition) is 2. The predicted molar refractivity (Wildman–Crippen MR) is 67.3 cm³/mol. The van der Waals surface area contributed by atoms with Crippen molar-refractivity contribution >= 4 is 12.0 Å². The fourth-order valence-corrected chi connectivity index (χ4v) is 3.31. The lowest BCUT2D eigenvalue weighted by atomic mass is 9.92. The van der Waals surface area contributed by atoms with Crippen LogP contribution in [0.15, 0.2) is 0 Å². The van der Waals surface area contributed by atoms with E-state index in [9.17, 15) is 9.59 Å². The maximum absolute atomic E-state index is 12.2. The maximum atomic E-state index is 12.2. The van der Waals surface area contributed by atoms with Gasteiger partial charge in [0.15, 0.2) is 0 Å². The number of likely N-dealkylation sites (tertiary alicyclic amines) is 1. The Balaban J connectivity index is 1.89. The van der Waals surface area contributed by atoms with Gasteiger partial charge in [0, 0.05) is 18.6 Å². The molecule has 2 amide bonds. The maximum Gasteiger partial charge on any atom is 0.317 e. The summed E-state index contributed by atoms with van der Waals surface area (Å²) in [6, 6.07) is -0.00657. The van der Waals surface area contributed by atoms with Crippen molar-refractivity contribution < 1.29 is 14.7 Å². The molecule has 1 aliphatic carbocycles. The fraction of sp³-hybridized carbons (Fsp3) is 0.846. The van der Waals surface area contributed by atoms with E-state index in [-0.39, 0.29) is 18.5 Å². The largest absolute Gasteiger partial charge is 0.481 e. The van der Waals surface area contributed by atoms with Crippen LogP contribution in [0.5, 0.6) is 0 Å². The van der Waals surface area contributed by atoms with Crippen molar-refractivity contribution in [3.63, 3.8) is 0 Å². The lowest BCUT2D eigenvalue weighted by molar-refractivity contribution is -0.137. The number of nitrogens with one attached hydrogen (secondary N) is 1. The summed E-state index contributed by atoms with van der Waals surface area (Å²) in [7, 11) is 0. The van der Waals surface area contributed by atoms with Crippen LogP contribution < -0.4 is 5.32 Å². The van der Waals surface area contributed by atoms with Crippen molar-refractivity contribution in [3.05, 3.63) is 0 Å². The first-order valence-electron chi connectivity index (χ1n) is 6.87. The van der Waals surface area contributed by atoms with Gasteiger partial charge in [0.25, 0.3) is 0 Å². The number of carbonyl (C=O) groups is 2. The van der Waals surface area contributed by atoms with Gasteiger partial charge in [-0.3, -0.25) is 4.79 Å². The fourth-order valence-electron chi connectivity index (χ4n) is 3.31. The van der Waals surface area contributed by atoms with Gasteiger partial charge in [-0.25, -0.2) is 4.79 Å². The van der Waals surface area contributed by atoms with Gasteiger partial charge < -0.3 is 15.3 Å². The van der Waals surface area contributed by atoms with Crippen LogP contribution in [0.4, 0.5) is 4.79 Å². The molecule has 2 rings (SSSR count). The molecular weight excluding hydrogens is 232 g/mol. The van der Waals surface area contributed by atoms with Crippen molar-refractivity contribution in [2.24, 2.45) is 5.92 Å². The summed E-state index contributed by atoms with van der Waals surface area (Å²) in [5, 5.41) is 11.5. The third kappa shape index (κ3) is 2.94. The normalized spacial score (nSPS) is 28.6. The molecule has 1 saturated carbocycles. The van der Waals surface area contributed by atoms with Gasteiger partial charge in [-0.2, -0.15) is 0 Å². The highest BCUT2D eigenvalue weighted by molar-refractivity contribution is 5.76. The summed E-state index contributed by atoms with van der Waals surface area (Å²) in [5.41, 5.74) is 0. The highest BCUT2D eigenvalue weighted by Crippen LogP contribution is 2.36. The minimum absolute atomic E-state index is 0.0202. The number of carboxylic acids is 1. The summed E-state index contributed by atoms with van der Waals surface area (Å²) in [4.78, 5) is 24.7. The van der Waals surface area contributed by atoms with Crippen molar-refractivity contribution in [1.29, 1.82) is 0 Å². The van der Waals surface area contributed by atoms with Crippen molar-refractivity contribution in [2.45, 2.75) is 57.5 Å². The van der Waals surface area contributed by atoms with Crippen LogP contribution >= 0.6 is 0 Å². The van der Waals surface area contributed by atoms with E-state index < -0.39 is 5.97 Å². The van der Waals surface area contributed by atoms with Gasteiger partial charge in [0.2, 0.25) is 0 Å². The molecule has 3 unspecified atom stereocenters. The average molecular weight is 254 g/mol. The highest BCUT2D eigenvalue weighted by atomic mass is 16.4. The number of rotatable bonds is 3. The van der Waals surface area contributed by atoms with Crippen molar-refractivity contribution in [1.82, 2.24) is 10.2 Å². The molecule has 2 aliphatic rings. The van der Waals surface area contributed by atoms with E-state index >= 15 is 0 Å². The molecule has 3 atom stereocenters. The SMILES string of the molecule is CC(CC(=O)O)NC(=O)N1CCCC2CCCC21. The summed E-state index contributed by atoms with van der Waals surface area (Å²) >= 11 is 0. The summed E-state index contributed by atoms with van der Waals surface area (Å²) in [5.74, 6) is -0.209. The van der Waals surface area contributed by atoms with Crippen LogP contribution in [0.25, 0.3) is 0 Å². The number of carbonyl (C=O) groups excluding carboxylic acids is 1. The molecule has 18 heavy (non-hydrogen) atoms. The Labute approximate surface area is 108 Å². The second kappa shape index (κ2) is 5.59. The zero-order chi connectivity index (χ0) is 13.1. The molecule has 5 nitrogen and oxygen atoms in total. The standard InChI is InChI=1S/C13H22N2O3/c1-9(8-12(16)17)14-13(18)15-7-3-5-10-4-2-6-11(10)15/h9-11H,2-8H2,1H3,(H,14,18)(H,16,17). The Morgan fingerprint density at radius 1 is 1.33 bits per heavy atom. The first-order chi connectivity index (χ1) is 8.58. The zero-order valence-corrected chi connectivity index (χ0v) is 10.9. The van der Waals surface area contributed by atoms with Gasteiger partial charge in [-0.15, -0.1) is 0 Å². The van der Waals surface area contributed by atoms with E-state index in [1.54, 1.807) is 6.92 Å². The Kier molecular flexibility index (Phi) is 4.09. The topological polar surface area (TPSA) is 69.6 Å². The molecule has 1 heterocycles. The van der Waals surface area contributed by atoms with Gasteiger partial charge >= 0.3 is 12.0 Å². The van der Waals surface area contributed by atoms with E-state index in [2.05, 4.69) is 5.32 Å². The number of carboxylic acid groups (broad SMARTS) is 1.